The number of benzene rings is 1. The standard InChI is InChI=1S/C19H30F3N5/c1-4-23-18(25-17-9-10-27(13-17)14-19(20,21)22)24-11-15-7-5-6-8-16(15)12-26(2)3/h5-8,17H,4,9-14H2,1-3H3,(H2,23,24,25). The molecule has 1 fully saturated rings. The quantitative estimate of drug-likeness (QED) is 0.559. The molecule has 5 nitrogen and oxygen atoms in total. The Labute approximate surface area is 159 Å². The van der Waals surface area contributed by atoms with Crippen LogP contribution < -0.4 is 10.6 Å². The Morgan fingerprint density at radius 2 is 1.96 bits per heavy atom. The third kappa shape index (κ3) is 7.76. The summed E-state index contributed by atoms with van der Waals surface area (Å²) >= 11 is 0. The lowest BCUT2D eigenvalue weighted by molar-refractivity contribution is -0.143. The summed E-state index contributed by atoms with van der Waals surface area (Å²) in [7, 11) is 4.05. The van der Waals surface area contributed by atoms with E-state index in [1.807, 2.05) is 33.2 Å². The average Bonchev–Trinajstić information content (AvgIpc) is 2.98. The highest BCUT2D eigenvalue weighted by Gasteiger charge is 2.34. The van der Waals surface area contributed by atoms with Crippen LogP contribution in [0.5, 0.6) is 0 Å². The van der Waals surface area contributed by atoms with Crippen LogP contribution >= 0.6 is 0 Å². The minimum absolute atomic E-state index is 0.0258. The molecule has 152 valence electrons. The van der Waals surface area contributed by atoms with Gasteiger partial charge in [-0.3, -0.25) is 4.90 Å². The molecule has 0 aromatic heterocycles. The van der Waals surface area contributed by atoms with E-state index in [4.69, 9.17) is 0 Å². The molecular weight excluding hydrogens is 355 g/mol. The molecule has 27 heavy (non-hydrogen) atoms. The van der Waals surface area contributed by atoms with Crippen LogP contribution in [0.4, 0.5) is 13.2 Å². The topological polar surface area (TPSA) is 42.9 Å². The van der Waals surface area contributed by atoms with Gasteiger partial charge in [-0.15, -0.1) is 0 Å². The van der Waals surface area contributed by atoms with Gasteiger partial charge in [-0.1, -0.05) is 24.3 Å². The fraction of sp³-hybridized carbons (Fsp3) is 0.632. The number of guanidine groups is 1. The third-order valence-electron chi connectivity index (χ3n) is 4.37. The van der Waals surface area contributed by atoms with Crippen LogP contribution in [-0.4, -0.2) is 68.3 Å². The largest absolute Gasteiger partial charge is 0.401 e. The second-order valence-electron chi connectivity index (χ2n) is 7.18. The molecule has 0 saturated carbocycles. The monoisotopic (exact) mass is 385 g/mol. The number of rotatable bonds is 7. The predicted octanol–water partition coefficient (Wildman–Crippen LogP) is 2.44. The Balaban J connectivity index is 1.97. The van der Waals surface area contributed by atoms with Crippen LogP contribution in [0.15, 0.2) is 29.3 Å². The zero-order chi connectivity index (χ0) is 19.9. The van der Waals surface area contributed by atoms with Crippen molar-refractivity contribution in [1.82, 2.24) is 20.4 Å². The van der Waals surface area contributed by atoms with E-state index in [0.717, 1.165) is 12.1 Å². The first kappa shape index (κ1) is 21.5. The van der Waals surface area contributed by atoms with Crippen molar-refractivity contribution < 1.29 is 13.2 Å². The maximum Gasteiger partial charge on any atom is 0.401 e. The molecule has 1 unspecified atom stereocenters. The third-order valence-corrected chi connectivity index (χ3v) is 4.37. The van der Waals surface area contributed by atoms with Crippen molar-refractivity contribution in [3.63, 3.8) is 0 Å². The van der Waals surface area contributed by atoms with Crippen molar-refractivity contribution in [2.45, 2.75) is 38.7 Å². The smallest absolute Gasteiger partial charge is 0.357 e. The lowest BCUT2D eigenvalue weighted by Crippen LogP contribution is -2.45. The van der Waals surface area contributed by atoms with Crippen molar-refractivity contribution in [3.8, 4) is 0 Å². The minimum Gasteiger partial charge on any atom is -0.357 e. The number of likely N-dealkylation sites (tertiary alicyclic amines) is 1. The molecular formula is C19H30F3N5. The summed E-state index contributed by atoms with van der Waals surface area (Å²) < 4.78 is 37.7. The molecule has 0 amide bonds. The zero-order valence-electron chi connectivity index (χ0n) is 16.3. The number of alkyl halides is 3. The summed E-state index contributed by atoms with van der Waals surface area (Å²) in [5.74, 6) is 0.649. The Kier molecular flexibility index (Phi) is 7.91. The van der Waals surface area contributed by atoms with Gasteiger partial charge in [0.15, 0.2) is 5.96 Å². The van der Waals surface area contributed by atoms with Crippen LogP contribution in [-0.2, 0) is 13.1 Å². The van der Waals surface area contributed by atoms with Crippen molar-refractivity contribution in [3.05, 3.63) is 35.4 Å². The number of aliphatic imine (C=N–C) groups is 1. The molecule has 0 bridgehead atoms. The number of halogens is 3. The predicted molar refractivity (Wildman–Crippen MR) is 103 cm³/mol. The van der Waals surface area contributed by atoms with Gasteiger partial charge in [-0.2, -0.15) is 13.2 Å². The van der Waals surface area contributed by atoms with E-state index in [-0.39, 0.29) is 6.04 Å². The van der Waals surface area contributed by atoms with Crippen molar-refractivity contribution in [1.29, 1.82) is 0 Å². The minimum atomic E-state index is -4.15. The Bertz CT molecular complexity index is 616. The van der Waals surface area contributed by atoms with Gasteiger partial charge in [0.05, 0.1) is 13.1 Å². The Morgan fingerprint density at radius 1 is 1.26 bits per heavy atom. The first-order chi connectivity index (χ1) is 12.8. The van der Waals surface area contributed by atoms with Crippen molar-refractivity contribution in [2.24, 2.45) is 4.99 Å². The molecule has 1 aliphatic rings. The zero-order valence-corrected chi connectivity index (χ0v) is 16.3. The highest BCUT2D eigenvalue weighted by Crippen LogP contribution is 2.20. The first-order valence-electron chi connectivity index (χ1n) is 9.32. The molecule has 1 atom stereocenters. The fourth-order valence-corrected chi connectivity index (χ4v) is 3.23. The first-order valence-corrected chi connectivity index (χ1v) is 9.32. The van der Waals surface area contributed by atoms with E-state index in [0.29, 0.717) is 38.6 Å². The van der Waals surface area contributed by atoms with E-state index in [2.05, 4.69) is 32.7 Å². The number of nitrogens with one attached hydrogen (secondary N) is 2. The summed E-state index contributed by atoms with van der Waals surface area (Å²) in [6, 6.07) is 8.14. The molecule has 1 heterocycles. The molecule has 1 aromatic rings. The van der Waals surface area contributed by atoms with E-state index in [9.17, 15) is 13.2 Å². The number of hydrogen-bond donors (Lipinski definition) is 2. The summed E-state index contributed by atoms with van der Waals surface area (Å²) in [5, 5.41) is 6.47. The van der Waals surface area contributed by atoms with Gasteiger partial charge in [-0.05, 0) is 38.6 Å². The van der Waals surface area contributed by atoms with Crippen LogP contribution in [0.2, 0.25) is 0 Å². The molecule has 2 N–H and O–H groups in total. The fourth-order valence-electron chi connectivity index (χ4n) is 3.23. The van der Waals surface area contributed by atoms with E-state index < -0.39 is 12.7 Å². The normalized spacial score (nSPS) is 18.9. The molecule has 0 spiro atoms. The molecule has 8 heteroatoms. The second kappa shape index (κ2) is 9.94. The average molecular weight is 385 g/mol. The molecule has 0 radical (unpaired) electrons. The molecule has 1 saturated heterocycles. The highest BCUT2D eigenvalue weighted by molar-refractivity contribution is 5.80. The van der Waals surface area contributed by atoms with Gasteiger partial charge < -0.3 is 15.5 Å². The molecule has 1 aromatic carbocycles. The van der Waals surface area contributed by atoms with Gasteiger partial charge in [0, 0.05) is 32.2 Å². The van der Waals surface area contributed by atoms with Crippen LogP contribution in [0.25, 0.3) is 0 Å². The van der Waals surface area contributed by atoms with Gasteiger partial charge >= 0.3 is 6.18 Å². The van der Waals surface area contributed by atoms with Crippen molar-refractivity contribution in [2.75, 3.05) is 40.3 Å². The molecule has 1 aliphatic heterocycles. The lowest BCUT2D eigenvalue weighted by Gasteiger charge is -2.20. The number of hydrogen-bond acceptors (Lipinski definition) is 3. The highest BCUT2D eigenvalue weighted by atomic mass is 19.4. The Morgan fingerprint density at radius 3 is 2.59 bits per heavy atom. The molecule has 2 rings (SSSR count). The van der Waals surface area contributed by atoms with Crippen molar-refractivity contribution >= 4 is 5.96 Å². The Hall–Kier alpha value is -1.80. The lowest BCUT2D eigenvalue weighted by atomic mass is 10.1. The summed E-state index contributed by atoms with van der Waals surface area (Å²) in [4.78, 5) is 8.20. The van der Waals surface area contributed by atoms with Crippen LogP contribution in [0, 0.1) is 0 Å². The maximum atomic E-state index is 12.6. The summed E-state index contributed by atoms with van der Waals surface area (Å²) in [5.41, 5.74) is 2.37. The van der Waals surface area contributed by atoms with E-state index >= 15 is 0 Å². The van der Waals surface area contributed by atoms with Gasteiger partial charge in [0.2, 0.25) is 0 Å². The van der Waals surface area contributed by atoms with Crippen LogP contribution in [0.3, 0.4) is 0 Å². The van der Waals surface area contributed by atoms with Gasteiger partial charge in [0.25, 0.3) is 0 Å². The van der Waals surface area contributed by atoms with Crippen LogP contribution in [0.1, 0.15) is 24.5 Å². The second-order valence-corrected chi connectivity index (χ2v) is 7.18. The summed E-state index contributed by atoms with van der Waals surface area (Å²) in [6.07, 6.45) is -3.47. The van der Waals surface area contributed by atoms with Gasteiger partial charge in [0.1, 0.15) is 0 Å². The van der Waals surface area contributed by atoms with E-state index in [1.54, 1.807) is 0 Å². The maximum absolute atomic E-state index is 12.6. The molecule has 0 aliphatic carbocycles. The van der Waals surface area contributed by atoms with Gasteiger partial charge in [-0.25, -0.2) is 4.99 Å². The summed E-state index contributed by atoms with van der Waals surface area (Å²) in [6.45, 7) is 4.01. The SMILES string of the molecule is CCNC(=NCc1ccccc1CN(C)C)NC1CCN(CC(F)(F)F)C1. The number of nitrogens with zero attached hydrogens (tertiary/aromatic N) is 3. The van der Waals surface area contributed by atoms with E-state index in [1.165, 1.54) is 10.5 Å².